The van der Waals surface area contributed by atoms with Crippen LogP contribution in [0, 0.1) is 0 Å². The van der Waals surface area contributed by atoms with E-state index in [2.05, 4.69) is 20.7 Å². The van der Waals surface area contributed by atoms with Gasteiger partial charge in [0.05, 0.1) is 10.0 Å². The number of likely N-dealkylation sites (N-methyl/N-ethyl adjacent to an activating group) is 1. The second kappa shape index (κ2) is 7.77. The number of benzene rings is 1. The van der Waals surface area contributed by atoms with Crippen LogP contribution in [0.4, 0.5) is 0 Å². The maximum Gasteiger partial charge on any atom is 0.291 e. The zero-order valence-corrected chi connectivity index (χ0v) is 14.7. The number of hydrogen-bond acceptors (Lipinski definition) is 4. The number of carbonyl (C=O) groups is 1. The molecule has 2 rings (SSSR count). The fourth-order valence-electron chi connectivity index (χ4n) is 2.03. The minimum absolute atomic E-state index is 0.0497. The summed E-state index contributed by atoms with van der Waals surface area (Å²) in [7, 11) is 1.81. The number of nitrogens with one attached hydrogen (secondary N) is 2. The van der Waals surface area contributed by atoms with E-state index in [1.165, 1.54) is 0 Å². The van der Waals surface area contributed by atoms with Crippen LogP contribution in [0.25, 0.3) is 5.69 Å². The van der Waals surface area contributed by atoms with Gasteiger partial charge in [-0.1, -0.05) is 43.1 Å². The molecule has 1 aromatic carbocycles. The Balaban J connectivity index is 2.42. The molecule has 0 radical (unpaired) electrons. The number of amides is 1. The van der Waals surface area contributed by atoms with Gasteiger partial charge in [0.15, 0.2) is 0 Å². The molecule has 6 nitrogen and oxygen atoms in total. The molecule has 1 aromatic heterocycles. The Morgan fingerprint density at radius 1 is 1.26 bits per heavy atom. The molecule has 2 N–H and O–H groups in total. The molecule has 124 valence electrons. The highest BCUT2D eigenvalue weighted by Crippen LogP contribution is 2.30. The number of halogens is 2. The first-order valence-electron chi connectivity index (χ1n) is 7.29. The van der Waals surface area contributed by atoms with Crippen molar-refractivity contribution in [3.05, 3.63) is 39.9 Å². The molecule has 0 fully saturated rings. The second-order valence-corrected chi connectivity index (χ2v) is 6.10. The molecule has 0 unspecified atom stereocenters. The van der Waals surface area contributed by atoms with Gasteiger partial charge in [0.2, 0.25) is 5.82 Å². The number of rotatable bonds is 6. The van der Waals surface area contributed by atoms with E-state index in [0.29, 0.717) is 34.6 Å². The van der Waals surface area contributed by atoms with Gasteiger partial charge in [-0.2, -0.15) is 0 Å². The summed E-state index contributed by atoms with van der Waals surface area (Å²) in [4.78, 5) is 16.5. The van der Waals surface area contributed by atoms with Crippen LogP contribution >= 0.6 is 23.2 Å². The lowest BCUT2D eigenvalue weighted by Crippen LogP contribution is -2.31. The van der Waals surface area contributed by atoms with Crippen LogP contribution in [0.5, 0.6) is 0 Å². The molecule has 23 heavy (non-hydrogen) atoms. The summed E-state index contributed by atoms with van der Waals surface area (Å²) in [6.07, 6.45) is 0. The Bertz CT molecular complexity index is 679. The van der Waals surface area contributed by atoms with Crippen molar-refractivity contribution in [3.63, 3.8) is 0 Å². The largest absolute Gasteiger partial charge is 0.348 e. The van der Waals surface area contributed by atoms with E-state index >= 15 is 0 Å². The summed E-state index contributed by atoms with van der Waals surface area (Å²) in [5.41, 5.74) is 0.529. The van der Waals surface area contributed by atoms with Gasteiger partial charge in [-0.15, -0.1) is 5.10 Å². The lowest BCUT2D eigenvalue weighted by molar-refractivity contribution is 0.0944. The van der Waals surface area contributed by atoms with E-state index in [-0.39, 0.29) is 17.6 Å². The minimum Gasteiger partial charge on any atom is -0.348 e. The van der Waals surface area contributed by atoms with Crippen LogP contribution in [0.15, 0.2) is 18.2 Å². The van der Waals surface area contributed by atoms with Gasteiger partial charge in [0.25, 0.3) is 5.91 Å². The maximum absolute atomic E-state index is 12.2. The first-order chi connectivity index (χ1) is 11.0. The van der Waals surface area contributed by atoms with Crippen molar-refractivity contribution in [2.24, 2.45) is 0 Å². The third-order valence-electron chi connectivity index (χ3n) is 3.16. The number of aromatic nitrogens is 3. The van der Waals surface area contributed by atoms with E-state index in [9.17, 15) is 4.79 Å². The molecular weight excluding hydrogens is 337 g/mol. The lowest BCUT2D eigenvalue weighted by atomic mass is 10.2. The van der Waals surface area contributed by atoms with Gasteiger partial charge in [-0.3, -0.25) is 4.79 Å². The number of hydrogen-bond donors (Lipinski definition) is 2. The summed E-state index contributed by atoms with van der Waals surface area (Å²) >= 11 is 12.5. The molecule has 1 heterocycles. The predicted octanol–water partition coefficient (Wildman–Crippen LogP) is 2.65. The van der Waals surface area contributed by atoms with Crippen molar-refractivity contribution in [2.75, 3.05) is 20.1 Å². The fourth-order valence-corrected chi connectivity index (χ4v) is 2.59. The van der Waals surface area contributed by atoms with Crippen LogP contribution in [0.3, 0.4) is 0 Å². The first kappa shape index (κ1) is 17.7. The Labute approximate surface area is 145 Å². The maximum atomic E-state index is 12.2. The van der Waals surface area contributed by atoms with E-state index in [1.807, 2.05) is 20.9 Å². The van der Waals surface area contributed by atoms with Crippen LogP contribution in [-0.2, 0) is 0 Å². The number of para-hydroxylation sites is 1. The third kappa shape index (κ3) is 4.02. The van der Waals surface area contributed by atoms with Gasteiger partial charge >= 0.3 is 0 Å². The van der Waals surface area contributed by atoms with Crippen molar-refractivity contribution in [1.29, 1.82) is 0 Å². The summed E-state index contributed by atoms with van der Waals surface area (Å²) in [5.74, 6) is 0.442. The first-order valence-corrected chi connectivity index (χ1v) is 8.05. The Morgan fingerprint density at radius 3 is 2.48 bits per heavy atom. The summed E-state index contributed by atoms with van der Waals surface area (Å²) in [5, 5.41) is 10.9. The highest BCUT2D eigenvalue weighted by atomic mass is 35.5. The Morgan fingerprint density at radius 2 is 1.91 bits per heavy atom. The van der Waals surface area contributed by atoms with Gasteiger partial charge < -0.3 is 10.6 Å². The third-order valence-corrected chi connectivity index (χ3v) is 3.77. The average Bonchev–Trinajstić information content (AvgIpc) is 2.92. The van der Waals surface area contributed by atoms with Crippen molar-refractivity contribution >= 4 is 29.1 Å². The minimum atomic E-state index is -0.330. The van der Waals surface area contributed by atoms with Crippen molar-refractivity contribution in [1.82, 2.24) is 25.4 Å². The Hall–Kier alpha value is -1.63. The molecule has 0 atom stereocenters. The van der Waals surface area contributed by atoms with Crippen LogP contribution < -0.4 is 10.6 Å². The van der Waals surface area contributed by atoms with Crippen LogP contribution in [-0.4, -0.2) is 40.8 Å². The molecular formula is C15H19Cl2N5O. The van der Waals surface area contributed by atoms with Crippen LogP contribution in [0.2, 0.25) is 10.0 Å². The lowest BCUT2D eigenvalue weighted by Gasteiger charge is -2.11. The molecule has 2 aromatic rings. The topological polar surface area (TPSA) is 71.8 Å². The van der Waals surface area contributed by atoms with Gasteiger partial charge in [-0.05, 0) is 19.2 Å². The van der Waals surface area contributed by atoms with E-state index in [4.69, 9.17) is 23.2 Å². The van der Waals surface area contributed by atoms with E-state index < -0.39 is 0 Å². The second-order valence-electron chi connectivity index (χ2n) is 5.29. The fraction of sp³-hybridized carbons (Fsp3) is 0.400. The van der Waals surface area contributed by atoms with Crippen LogP contribution in [0.1, 0.15) is 36.2 Å². The van der Waals surface area contributed by atoms with Gasteiger partial charge in [0, 0.05) is 19.0 Å². The zero-order valence-electron chi connectivity index (χ0n) is 13.2. The molecule has 0 saturated carbocycles. The zero-order chi connectivity index (χ0) is 17.0. The Kier molecular flexibility index (Phi) is 5.98. The molecule has 0 aliphatic heterocycles. The summed E-state index contributed by atoms with van der Waals surface area (Å²) in [6.45, 7) is 5.09. The SMILES string of the molecule is CNCCNC(=O)c1nc(C(C)C)n(-c2c(Cl)cccc2Cl)n1. The molecule has 0 aliphatic rings. The monoisotopic (exact) mass is 355 g/mol. The summed E-state index contributed by atoms with van der Waals surface area (Å²) in [6, 6.07) is 5.20. The van der Waals surface area contributed by atoms with E-state index in [1.54, 1.807) is 22.9 Å². The summed E-state index contributed by atoms with van der Waals surface area (Å²) < 4.78 is 1.54. The molecule has 0 aliphatic carbocycles. The molecule has 0 spiro atoms. The van der Waals surface area contributed by atoms with E-state index in [0.717, 1.165) is 0 Å². The van der Waals surface area contributed by atoms with Crippen molar-refractivity contribution in [3.8, 4) is 5.69 Å². The number of nitrogens with zero attached hydrogens (tertiary/aromatic N) is 3. The molecule has 0 saturated heterocycles. The highest BCUT2D eigenvalue weighted by molar-refractivity contribution is 6.37. The normalized spacial score (nSPS) is 11.0. The molecule has 0 bridgehead atoms. The van der Waals surface area contributed by atoms with Crippen molar-refractivity contribution < 1.29 is 4.79 Å². The highest BCUT2D eigenvalue weighted by Gasteiger charge is 2.21. The molecule has 1 amide bonds. The van der Waals surface area contributed by atoms with Gasteiger partial charge in [-0.25, -0.2) is 9.67 Å². The smallest absolute Gasteiger partial charge is 0.291 e. The number of carbonyl (C=O) groups excluding carboxylic acids is 1. The standard InChI is InChI=1S/C15H19Cl2N5O/c1-9(2)14-20-13(15(23)19-8-7-18-3)21-22(14)12-10(16)5-4-6-11(12)17/h4-6,9,18H,7-8H2,1-3H3,(H,19,23). The van der Waals surface area contributed by atoms with Gasteiger partial charge in [0.1, 0.15) is 11.5 Å². The molecule has 8 heteroatoms. The average molecular weight is 356 g/mol. The predicted molar refractivity (Wildman–Crippen MR) is 91.7 cm³/mol. The van der Waals surface area contributed by atoms with Crippen molar-refractivity contribution in [2.45, 2.75) is 19.8 Å². The quantitative estimate of drug-likeness (QED) is 0.781.